The second kappa shape index (κ2) is 12.4. The van der Waals surface area contributed by atoms with Crippen molar-refractivity contribution < 1.29 is 19.4 Å². The van der Waals surface area contributed by atoms with Gasteiger partial charge in [0, 0.05) is 12.5 Å². The van der Waals surface area contributed by atoms with Crippen molar-refractivity contribution in [1.82, 2.24) is 0 Å². The van der Waals surface area contributed by atoms with Crippen LogP contribution in [0.5, 0.6) is 11.5 Å². The van der Waals surface area contributed by atoms with Crippen LogP contribution in [0.2, 0.25) is 0 Å². The van der Waals surface area contributed by atoms with Gasteiger partial charge in [-0.05, 0) is 121 Å². The first-order valence-corrected chi connectivity index (χ1v) is 16.9. The molecule has 0 aliphatic heterocycles. The molecule has 0 bridgehead atoms. The summed E-state index contributed by atoms with van der Waals surface area (Å²) in [4.78, 5) is 12.7. The molecule has 9 atom stereocenters. The molecule has 0 radical (unpaired) electrons. The van der Waals surface area contributed by atoms with Gasteiger partial charge in [-0.3, -0.25) is 0 Å². The zero-order valence-corrected chi connectivity index (χ0v) is 27.3. The molecular weight excluding hydrogens is 520 g/mol. The van der Waals surface area contributed by atoms with E-state index >= 15 is 0 Å². The molecule has 42 heavy (non-hydrogen) atoms. The van der Waals surface area contributed by atoms with Crippen molar-refractivity contribution in [3.05, 3.63) is 41.5 Å². The first-order chi connectivity index (χ1) is 20.0. The topological polar surface area (TPSA) is 55.8 Å². The number of aromatic hydroxyl groups is 1. The first-order valence-electron chi connectivity index (χ1n) is 16.9. The van der Waals surface area contributed by atoms with Gasteiger partial charge in [0.2, 0.25) is 0 Å². The molecule has 232 valence electrons. The fraction of sp³-hybridized carbons (Fsp3) is 0.711. The summed E-state index contributed by atoms with van der Waals surface area (Å²) in [7, 11) is 1.52. The SMILES string of the molecule is COc1cc(C=CC(=O)OC2CC[C@@]3(C)C(=CC[C@H]4[C@@H]5CC[C@H]([C@H](C)CCC(C)C(C)C)[C@@]5(C)CC[C@@H]43)C2)ccc1O. The van der Waals surface area contributed by atoms with E-state index in [4.69, 9.17) is 9.47 Å². The number of carbonyl (C=O) groups is 1. The van der Waals surface area contributed by atoms with E-state index in [1.54, 1.807) is 29.8 Å². The highest BCUT2D eigenvalue weighted by molar-refractivity contribution is 5.87. The third-order valence-corrected chi connectivity index (χ3v) is 12.9. The Kier molecular flexibility index (Phi) is 9.22. The molecule has 0 saturated heterocycles. The van der Waals surface area contributed by atoms with E-state index in [1.165, 1.54) is 58.1 Å². The monoisotopic (exact) mass is 576 g/mol. The Hall–Kier alpha value is -2.23. The van der Waals surface area contributed by atoms with Gasteiger partial charge in [0.15, 0.2) is 11.5 Å². The molecule has 4 aliphatic carbocycles. The number of carbonyl (C=O) groups excluding carboxylic acids is 1. The van der Waals surface area contributed by atoms with Gasteiger partial charge in [-0.15, -0.1) is 0 Å². The molecule has 1 aromatic carbocycles. The Bertz CT molecular complexity index is 1180. The van der Waals surface area contributed by atoms with E-state index in [0.29, 0.717) is 11.2 Å². The van der Waals surface area contributed by atoms with E-state index in [-0.39, 0.29) is 23.2 Å². The molecule has 0 aromatic heterocycles. The summed E-state index contributed by atoms with van der Waals surface area (Å²) in [5, 5.41) is 9.81. The summed E-state index contributed by atoms with van der Waals surface area (Å²) in [6, 6.07) is 5.04. The number of ether oxygens (including phenoxy) is 2. The summed E-state index contributed by atoms with van der Waals surface area (Å²) < 4.78 is 11.1. The molecule has 4 nitrogen and oxygen atoms in total. The van der Waals surface area contributed by atoms with Crippen molar-refractivity contribution in [2.45, 2.75) is 112 Å². The minimum Gasteiger partial charge on any atom is -0.504 e. The molecule has 0 heterocycles. The molecule has 0 spiro atoms. The first kappa shape index (κ1) is 31.2. The zero-order valence-electron chi connectivity index (χ0n) is 27.3. The smallest absolute Gasteiger partial charge is 0.331 e. The van der Waals surface area contributed by atoms with Crippen LogP contribution in [0.25, 0.3) is 6.08 Å². The summed E-state index contributed by atoms with van der Waals surface area (Å²) in [5.41, 5.74) is 3.09. The van der Waals surface area contributed by atoms with Crippen LogP contribution in [-0.2, 0) is 9.53 Å². The van der Waals surface area contributed by atoms with Gasteiger partial charge in [-0.2, -0.15) is 0 Å². The minimum atomic E-state index is -0.299. The Morgan fingerprint density at radius 3 is 2.57 bits per heavy atom. The number of phenols is 1. The van der Waals surface area contributed by atoms with Crippen LogP contribution in [0.3, 0.4) is 0 Å². The lowest BCUT2D eigenvalue weighted by molar-refractivity contribution is -0.145. The van der Waals surface area contributed by atoms with Crippen LogP contribution < -0.4 is 4.74 Å². The van der Waals surface area contributed by atoms with E-state index in [2.05, 4.69) is 47.6 Å². The molecule has 1 N–H and O–H groups in total. The highest BCUT2D eigenvalue weighted by Gasteiger charge is 2.59. The lowest BCUT2D eigenvalue weighted by Crippen LogP contribution is -2.51. The highest BCUT2D eigenvalue weighted by atomic mass is 16.5. The number of allylic oxidation sites excluding steroid dienone is 1. The Morgan fingerprint density at radius 1 is 1.05 bits per heavy atom. The van der Waals surface area contributed by atoms with Crippen molar-refractivity contribution in [3.63, 3.8) is 0 Å². The van der Waals surface area contributed by atoms with Gasteiger partial charge in [0.05, 0.1) is 7.11 Å². The van der Waals surface area contributed by atoms with Crippen LogP contribution in [0.15, 0.2) is 35.9 Å². The average Bonchev–Trinajstić information content (AvgIpc) is 3.32. The maximum absolute atomic E-state index is 12.7. The Labute approximate surface area is 255 Å². The molecular formula is C38H56O4. The fourth-order valence-corrected chi connectivity index (χ4v) is 9.93. The second-order valence-corrected chi connectivity index (χ2v) is 15.3. The van der Waals surface area contributed by atoms with E-state index in [1.807, 2.05) is 0 Å². The minimum absolute atomic E-state index is 0.0498. The maximum Gasteiger partial charge on any atom is 0.331 e. The van der Waals surface area contributed by atoms with Crippen molar-refractivity contribution >= 4 is 12.0 Å². The van der Waals surface area contributed by atoms with Gasteiger partial charge < -0.3 is 14.6 Å². The van der Waals surface area contributed by atoms with Crippen LogP contribution in [0.4, 0.5) is 0 Å². The normalized spacial score (nSPS) is 35.6. The summed E-state index contributed by atoms with van der Waals surface area (Å²) >= 11 is 0. The molecule has 3 saturated carbocycles. The zero-order chi connectivity index (χ0) is 30.2. The largest absolute Gasteiger partial charge is 0.504 e. The van der Waals surface area contributed by atoms with Crippen molar-refractivity contribution in [1.29, 1.82) is 0 Å². The Morgan fingerprint density at radius 2 is 1.83 bits per heavy atom. The van der Waals surface area contributed by atoms with Crippen LogP contribution in [0.1, 0.15) is 111 Å². The molecule has 5 rings (SSSR count). The van der Waals surface area contributed by atoms with E-state index < -0.39 is 0 Å². The second-order valence-electron chi connectivity index (χ2n) is 15.3. The number of fused-ring (bicyclic) bond motifs is 5. The van der Waals surface area contributed by atoms with Crippen molar-refractivity contribution in [2.24, 2.45) is 52.3 Å². The predicted octanol–water partition coefficient (Wildman–Crippen LogP) is 9.61. The maximum atomic E-state index is 12.7. The third kappa shape index (κ3) is 5.93. The summed E-state index contributed by atoms with van der Waals surface area (Å²) in [5.74, 6) is 5.94. The van der Waals surface area contributed by atoms with Crippen LogP contribution in [-0.4, -0.2) is 24.3 Å². The molecule has 1 aromatic rings. The standard InChI is InChI=1S/C38H56O4/c1-24(2)25(3)8-9-26(4)31-14-15-32-30-13-12-28-23-29(18-20-37(28,5)33(30)19-21-38(31,32)6)42-36(40)17-11-27-10-16-34(39)35(22-27)41-7/h10-12,16-17,22,24-26,29-33,39H,8-9,13-15,18-21,23H2,1-7H3/t25?,26-,29?,30+,31-,32+,33+,37+,38-/m1/s1. The fourth-order valence-electron chi connectivity index (χ4n) is 9.93. The number of esters is 1. The van der Waals surface area contributed by atoms with E-state index in [9.17, 15) is 9.90 Å². The van der Waals surface area contributed by atoms with Crippen molar-refractivity contribution in [2.75, 3.05) is 7.11 Å². The van der Waals surface area contributed by atoms with Gasteiger partial charge in [-0.1, -0.05) is 72.1 Å². The predicted molar refractivity (Wildman–Crippen MR) is 171 cm³/mol. The number of phenolic OH excluding ortho intramolecular Hbond substituents is 1. The number of hydrogen-bond acceptors (Lipinski definition) is 4. The van der Waals surface area contributed by atoms with Gasteiger partial charge >= 0.3 is 5.97 Å². The number of hydrogen-bond donors (Lipinski definition) is 1. The van der Waals surface area contributed by atoms with Gasteiger partial charge in [0.1, 0.15) is 6.10 Å². The average molecular weight is 577 g/mol. The van der Waals surface area contributed by atoms with Crippen LogP contribution >= 0.6 is 0 Å². The summed E-state index contributed by atoms with van der Waals surface area (Å²) in [6.07, 6.45) is 18.3. The highest BCUT2D eigenvalue weighted by Crippen LogP contribution is 2.67. The molecule has 4 heteroatoms. The Balaban J connectivity index is 1.21. The molecule has 0 amide bonds. The molecule has 3 fully saturated rings. The lowest BCUT2D eigenvalue weighted by atomic mass is 9.47. The van der Waals surface area contributed by atoms with Crippen molar-refractivity contribution in [3.8, 4) is 11.5 Å². The van der Waals surface area contributed by atoms with Crippen LogP contribution in [0, 0.1) is 52.3 Å². The number of rotatable bonds is 9. The van der Waals surface area contributed by atoms with Gasteiger partial charge in [0.25, 0.3) is 0 Å². The summed E-state index contributed by atoms with van der Waals surface area (Å²) in [6.45, 7) is 15.0. The quantitative estimate of drug-likeness (QED) is 0.181. The van der Waals surface area contributed by atoms with Gasteiger partial charge in [-0.25, -0.2) is 4.79 Å². The third-order valence-electron chi connectivity index (χ3n) is 12.9. The molecule has 4 aliphatic rings. The number of benzene rings is 1. The van der Waals surface area contributed by atoms with E-state index in [0.717, 1.165) is 66.3 Å². The number of methoxy groups -OCH3 is 1. The lowest BCUT2D eigenvalue weighted by Gasteiger charge is -2.58. The molecule has 2 unspecified atom stereocenters.